The molecule has 154 valence electrons. The third-order valence-electron chi connectivity index (χ3n) is 3.92. The van der Waals surface area contributed by atoms with Crippen molar-refractivity contribution in [1.82, 2.24) is 24.3 Å². The minimum atomic E-state index is -4.73. The minimum Gasteiger partial charge on any atom is -0.435 e. The van der Waals surface area contributed by atoms with Crippen LogP contribution < -0.4 is 10.1 Å². The van der Waals surface area contributed by atoms with E-state index in [2.05, 4.69) is 30.0 Å². The summed E-state index contributed by atoms with van der Waals surface area (Å²) in [4.78, 5) is 15.5. The summed E-state index contributed by atoms with van der Waals surface area (Å²) in [5, 5.41) is 2.88. The van der Waals surface area contributed by atoms with Gasteiger partial charge in [0.1, 0.15) is 17.3 Å². The number of hydrogen-bond acceptors (Lipinski definition) is 6. The Morgan fingerprint density at radius 2 is 1.77 bits per heavy atom. The van der Waals surface area contributed by atoms with Crippen LogP contribution in [0.2, 0.25) is 0 Å². The first-order chi connectivity index (χ1) is 14.3. The Bertz CT molecular complexity index is 1180. The fraction of sp³-hybridized carbons (Fsp3) is 0.111. The predicted octanol–water partition coefficient (Wildman–Crippen LogP) is 4.55. The number of benzene rings is 1. The van der Waals surface area contributed by atoms with Crippen molar-refractivity contribution in [3.8, 4) is 17.3 Å². The summed E-state index contributed by atoms with van der Waals surface area (Å²) in [5.41, 5.74) is -1.01. The van der Waals surface area contributed by atoms with Crippen molar-refractivity contribution in [2.24, 2.45) is 0 Å². The number of hydrogen-bond donors (Lipinski definition) is 1. The van der Waals surface area contributed by atoms with Crippen LogP contribution in [0.4, 0.5) is 33.5 Å². The Hall–Kier alpha value is -3.83. The number of anilines is 2. The van der Waals surface area contributed by atoms with Crippen LogP contribution in [0.25, 0.3) is 17.2 Å². The van der Waals surface area contributed by atoms with Gasteiger partial charge in [-0.25, -0.2) is 15.0 Å². The van der Waals surface area contributed by atoms with Crippen LogP contribution in [-0.4, -0.2) is 30.9 Å². The molecule has 0 aliphatic carbocycles. The second-order valence-electron chi connectivity index (χ2n) is 5.90. The van der Waals surface area contributed by atoms with Gasteiger partial charge in [0.2, 0.25) is 0 Å². The van der Waals surface area contributed by atoms with Crippen molar-refractivity contribution in [2.75, 3.05) is 5.32 Å². The molecular formula is C18H11F5N6O. The van der Waals surface area contributed by atoms with Crippen LogP contribution in [0.5, 0.6) is 5.75 Å². The lowest BCUT2D eigenvalue weighted by atomic mass is 10.3. The Morgan fingerprint density at radius 1 is 1.00 bits per heavy atom. The fourth-order valence-corrected chi connectivity index (χ4v) is 2.73. The second-order valence-corrected chi connectivity index (χ2v) is 5.90. The number of aromatic nitrogens is 5. The molecule has 0 saturated carbocycles. The summed E-state index contributed by atoms with van der Waals surface area (Å²) >= 11 is 0. The summed E-state index contributed by atoms with van der Waals surface area (Å²) in [6, 6.07) is 7.00. The average molecular weight is 422 g/mol. The second kappa shape index (κ2) is 7.54. The topological polar surface area (TPSA) is 77.2 Å². The zero-order chi connectivity index (χ0) is 21.3. The van der Waals surface area contributed by atoms with Crippen molar-refractivity contribution < 1.29 is 26.7 Å². The lowest BCUT2D eigenvalue weighted by molar-refractivity contribution is -0.140. The first-order valence-electron chi connectivity index (χ1n) is 8.36. The molecule has 1 aromatic carbocycles. The summed E-state index contributed by atoms with van der Waals surface area (Å²) < 4.78 is 70.5. The Balaban J connectivity index is 1.69. The number of halogens is 5. The highest BCUT2D eigenvalue weighted by atomic mass is 19.4. The Morgan fingerprint density at radius 3 is 2.47 bits per heavy atom. The first-order valence-corrected chi connectivity index (χ1v) is 8.36. The summed E-state index contributed by atoms with van der Waals surface area (Å²) in [6.07, 6.45) is 0.416. The largest absolute Gasteiger partial charge is 0.435 e. The van der Waals surface area contributed by atoms with Gasteiger partial charge < -0.3 is 10.1 Å². The molecule has 0 spiro atoms. The van der Waals surface area contributed by atoms with Crippen molar-refractivity contribution >= 4 is 17.2 Å². The van der Waals surface area contributed by atoms with E-state index in [1.807, 2.05) is 0 Å². The standard InChI is InChI=1S/C18H11F5N6O/c19-17(20)30-11-3-1-10(2-4-11)26-12-5-6-25-16(27-12)14-15(18(21,22)23)28-13-9-24-7-8-29(13)14/h1-9,17H,(H,25,26,27). The zero-order valence-corrected chi connectivity index (χ0v) is 14.8. The van der Waals surface area contributed by atoms with E-state index in [1.54, 1.807) is 0 Å². The van der Waals surface area contributed by atoms with E-state index in [0.29, 0.717) is 5.69 Å². The number of nitrogens with one attached hydrogen (secondary N) is 1. The lowest BCUT2D eigenvalue weighted by Gasteiger charge is -2.10. The molecular weight excluding hydrogens is 411 g/mol. The van der Waals surface area contributed by atoms with Gasteiger partial charge in [0.15, 0.2) is 17.2 Å². The molecule has 0 amide bonds. The summed E-state index contributed by atoms with van der Waals surface area (Å²) in [7, 11) is 0. The van der Waals surface area contributed by atoms with Gasteiger partial charge in [-0.3, -0.25) is 9.38 Å². The van der Waals surface area contributed by atoms with E-state index in [9.17, 15) is 22.0 Å². The van der Waals surface area contributed by atoms with E-state index in [0.717, 1.165) is 0 Å². The van der Waals surface area contributed by atoms with Gasteiger partial charge in [-0.15, -0.1) is 0 Å². The Labute approximate surface area is 165 Å². The summed E-state index contributed by atoms with van der Waals surface area (Å²) in [6.45, 7) is -2.95. The van der Waals surface area contributed by atoms with E-state index in [-0.39, 0.29) is 28.7 Å². The average Bonchev–Trinajstić information content (AvgIpc) is 3.10. The highest BCUT2D eigenvalue weighted by Gasteiger charge is 2.39. The number of fused-ring (bicyclic) bond motifs is 1. The minimum absolute atomic E-state index is 0.00333. The van der Waals surface area contributed by atoms with E-state index < -0.39 is 18.5 Å². The van der Waals surface area contributed by atoms with Crippen molar-refractivity contribution in [3.05, 3.63) is 60.8 Å². The van der Waals surface area contributed by atoms with Crippen molar-refractivity contribution in [1.29, 1.82) is 0 Å². The normalized spacial score (nSPS) is 11.8. The van der Waals surface area contributed by atoms with Crippen molar-refractivity contribution in [3.63, 3.8) is 0 Å². The molecule has 0 aliphatic heterocycles. The maximum Gasteiger partial charge on any atom is 0.435 e. The first kappa shape index (κ1) is 19.5. The van der Waals surface area contributed by atoms with Gasteiger partial charge in [0.05, 0.1) is 6.20 Å². The molecule has 0 fully saturated rings. The van der Waals surface area contributed by atoms with E-state index >= 15 is 0 Å². The molecule has 12 heteroatoms. The molecule has 30 heavy (non-hydrogen) atoms. The molecule has 0 aliphatic rings. The maximum absolute atomic E-state index is 13.5. The molecule has 0 radical (unpaired) electrons. The van der Waals surface area contributed by atoms with Gasteiger partial charge in [-0.1, -0.05) is 0 Å². The molecule has 0 bridgehead atoms. The molecule has 4 aromatic rings. The van der Waals surface area contributed by atoms with Crippen LogP contribution in [0.3, 0.4) is 0 Å². The van der Waals surface area contributed by atoms with Gasteiger partial charge in [-0.2, -0.15) is 22.0 Å². The molecule has 0 atom stereocenters. The monoisotopic (exact) mass is 422 g/mol. The van der Waals surface area contributed by atoms with Crippen LogP contribution in [0.1, 0.15) is 5.69 Å². The van der Waals surface area contributed by atoms with Crippen LogP contribution >= 0.6 is 0 Å². The van der Waals surface area contributed by atoms with Gasteiger partial charge in [0, 0.05) is 24.3 Å². The van der Waals surface area contributed by atoms with E-state index in [4.69, 9.17) is 0 Å². The third kappa shape index (κ3) is 3.97. The molecule has 1 N–H and O–H groups in total. The van der Waals surface area contributed by atoms with Gasteiger partial charge in [0.25, 0.3) is 0 Å². The lowest BCUT2D eigenvalue weighted by Crippen LogP contribution is -2.09. The molecule has 3 aromatic heterocycles. The quantitative estimate of drug-likeness (QED) is 0.476. The molecule has 3 heterocycles. The highest BCUT2D eigenvalue weighted by Crippen LogP contribution is 2.36. The van der Waals surface area contributed by atoms with Gasteiger partial charge >= 0.3 is 12.8 Å². The fourth-order valence-electron chi connectivity index (χ4n) is 2.73. The summed E-state index contributed by atoms with van der Waals surface area (Å²) in [5.74, 6) is -0.0450. The number of alkyl halides is 5. The Kier molecular flexibility index (Phi) is 4.90. The van der Waals surface area contributed by atoms with Crippen LogP contribution in [-0.2, 0) is 6.18 Å². The van der Waals surface area contributed by atoms with Gasteiger partial charge in [-0.05, 0) is 30.3 Å². The zero-order valence-electron chi connectivity index (χ0n) is 14.8. The van der Waals surface area contributed by atoms with Crippen molar-refractivity contribution in [2.45, 2.75) is 12.8 Å². The smallest absolute Gasteiger partial charge is 0.435 e. The number of ether oxygens (including phenoxy) is 1. The highest BCUT2D eigenvalue weighted by molar-refractivity contribution is 5.64. The third-order valence-corrected chi connectivity index (χ3v) is 3.92. The van der Waals surface area contributed by atoms with Crippen LogP contribution in [0.15, 0.2) is 55.1 Å². The molecule has 0 saturated heterocycles. The SMILES string of the molecule is FC(F)Oc1ccc(Nc2ccnc(-c3c(C(F)(F)F)nc4cnccn34)n2)cc1. The van der Waals surface area contributed by atoms with Crippen LogP contribution in [0, 0.1) is 0 Å². The number of rotatable bonds is 5. The molecule has 0 unspecified atom stereocenters. The molecule has 7 nitrogen and oxygen atoms in total. The number of nitrogens with zero attached hydrogens (tertiary/aromatic N) is 5. The maximum atomic E-state index is 13.5. The van der Waals surface area contributed by atoms with E-state index in [1.165, 1.54) is 59.5 Å². The number of imidazole rings is 1. The predicted molar refractivity (Wildman–Crippen MR) is 95.4 cm³/mol. The molecule has 4 rings (SSSR count).